The highest BCUT2D eigenvalue weighted by Gasteiger charge is 2.07. The number of carbonyl (C=O) groups excluding carboxylic acids is 1. The minimum absolute atomic E-state index is 0.107. The topological polar surface area (TPSA) is 70.9 Å². The molecule has 0 amide bonds. The van der Waals surface area contributed by atoms with Gasteiger partial charge in [-0.15, -0.1) is 0 Å². The molecule has 0 heterocycles. The normalized spacial score (nSPS) is 13.0. The largest absolute Gasteiger partial charge is 0.462 e. The second-order valence-corrected chi connectivity index (χ2v) is 5.71. The van der Waals surface area contributed by atoms with Crippen molar-refractivity contribution in [1.82, 2.24) is 5.32 Å². The number of carbonyl (C=O) groups is 1. The lowest BCUT2D eigenvalue weighted by molar-refractivity contribution is -0.138. The SMILES string of the molecule is CC(C)(C)OC=O.CNC(C)c1cccc(/C(Cl)=N/O)c1. The molecule has 6 heteroatoms. The number of nitrogens with one attached hydrogen (secondary N) is 1. The highest BCUT2D eigenvalue weighted by atomic mass is 35.5. The van der Waals surface area contributed by atoms with E-state index in [-0.39, 0.29) is 16.8 Å². The van der Waals surface area contributed by atoms with Crippen molar-refractivity contribution < 1.29 is 14.7 Å². The second-order valence-electron chi connectivity index (χ2n) is 5.35. The van der Waals surface area contributed by atoms with E-state index in [1.165, 1.54) is 0 Å². The molecule has 0 aliphatic heterocycles. The molecule has 1 aromatic rings. The molecule has 21 heavy (non-hydrogen) atoms. The maximum Gasteiger partial charge on any atom is 0.293 e. The highest BCUT2D eigenvalue weighted by molar-refractivity contribution is 6.69. The summed E-state index contributed by atoms with van der Waals surface area (Å²) in [6, 6.07) is 7.81. The Morgan fingerprint density at radius 1 is 1.48 bits per heavy atom. The van der Waals surface area contributed by atoms with Crippen LogP contribution in [0, 0.1) is 0 Å². The van der Waals surface area contributed by atoms with Gasteiger partial charge in [0.25, 0.3) is 6.47 Å². The van der Waals surface area contributed by atoms with Crippen LogP contribution < -0.4 is 5.32 Å². The summed E-state index contributed by atoms with van der Waals surface area (Å²) in [5.74, 6) is 0. The maximum absolute atomic E-state index is 9.60. The number of nitrogens with zero attached hydrogens (tertiary/aromatic N) is 1. The Labute approximate surface area is 130 Å². The van der Waals surface area contributed by atoms with E-state index in [9.17, 15) is 4.79 Å². The van der Waals surface area contributed by atoms with Crippen LogP contribution in [0.2, 0.25) is 0 Å². The van der Waals surface area contributed by atoms with Gasteiger partial charge in [-0.3, -0.25) is 4.79 Å². The fourth-order valence-electron chi connectivity index (χ4n) is 1.31. The number of hydrogen-bond acceptors (Lipinski definition) is 5. The summed E-state index contributed by atoms with van der Waals surface area (Å²) in [7, 11) is 1.89. The molecule has 118 valence electrons. The summed E-state index contributed by atoms with van der Waals surface area (Å²) in [5.41, 5.74) is 1.50. The molecule has 0 aliphatic rings. The number of halogens is 1. The molecule has 1 atom stereocenters. The third kappa shape index (κ3) is 8.32. The summed E-state index contributed by atoms with van der Waals surface area (Å²) < 4.78 is 4.55. The van der Waals surface area contributed by atoms with E-state index in [1.54, 1.807) is 6.07 Å². The van der Waals surface area contributed by atoms with E-state index in [0.717, 1.165) is 5.56 Å². The van der Waals surface area contributed by atoms with Gasteiger partial charge >= 0.3 is 0 Å². The molecule has 1 unspecified atom stereocenters. The van der Waals surface area contributed by atoms with Crippen LogP contribution in [0.15, 0.2) is 29.4 Å². The maximum atomic E-state index is 9.60. The molecule has 0 bridgehead atoms. The van der Waals surface area contributed by atoms with Crippen LogP contribution in [0.4, 0.5) is 0 Å². The second kappa shape index (κ2) is 9.37. The van der Waals surface area contributed by atoms with Crippen molar-refractivity contribution in [2.45, 2.75) is 39.3 Å². The van der Waals surface area contributed by atoms with Gasteiger partial charge in [-0.25, -0.2) is 0 Å². The van der Waals surface area contributed by atoms with Gasteiger partial charge in [0.15, 0.2) is 5.17 Å². The van der Waals surface area contributed by atoms with Crippen molar-refractivity contribution in [3.05, 3.63) is 35.4 Å². The van der Waals surface area contributed by atoms with Crippen LogP contribution in [-0.2, 0) is 9.53 Å². The molecule has 1 rings (SSSR count). The molecule has 0 saturated heterocycles. The van der Waals surface area contributed by atoms with Crippen LogP contribution in [-0.4, -0.2) is 29.5 Å². The fourth-order valence-corrected chi connectivity index (χ4v) is 1.42. The smallest absolute Gasteiger partial charge is 0.293 e. The monoisotopic (exact) mass is 314 g/mol. The van der Waals surface area contributed by atoms with Gasteiger partial charge in [0, 0.05) is 11.6 Å². The van der Waals surface area contributed by atoms with Gasteiger partial charge in [0.2, 0.25) is 0 Å². The van der Waals surface area contributed by atoms with Crippen molar-refractivity contribution in [1.29, 1.82) is 0 Å². The van der Waals surface area contributed by atoms with E-state index in [4.69, 9.17) is 16.8 Å². The Hall–Kier alpha value is -1.59. The summed E-state index contributed by atoms with van der Waals surface area (Å²) in [5, 5.41) is 14.7. The lowest BCUT2D eigenvalue weighted by atomic mass is 10.1. The van der Waals surface area contributed by atoms with Crippen molar-refractivity contribution in [3.63, 3.8) is 0 Å². The zero-order valence-electron chi connectivity index (χ0n) is 13.1. The van der Waals surface area contributed by atoms with Crippen molar-refractivity contribution in [2.24, 2.45) is 5.16 Å². The minimum Gasteiger partial charge on any atom is -0.462 e. The standard InChI is InChI=1S/C10H13ClN2O.C5H10O2/c1-7(12-2)8-4-3-5-9(6-8)10(11)13-14;1-5(2,3)7-4-6/h3-7,12,14H,1-2H3;4H,1-3H3/b13-10-;. The first kappa shape index (κ1) is 19.4. The molecule has 0 radical (unpaired) electrons. The van der Waals surface area contributed by atoms with Crippen LogP contribution in [0.5, 0.6) is 0 Å². The lowest BCUT2D eigenvalue weighted by Crippen LogP contribution is -2.17. The lowest BCUT2D eigenvalue weighted by Gasteiger charge is -2.14. The molecular formula is C15H23ClN2O3. The highest BCUT2D eigenvalue weighted by Crippen LogP contribution is 2.15. The molecule has 0 fully saturated rings. The quantitative estimate of drug-likeness (QED) is 0.387. The van der Waals surface area contributed by atoms with E-state index in [0.29, 0.717) is 12.0 Å². The average molecular weight is 315 g/mol. The van der Waals surface area contributed by atoms with Gasteiger partial charge in [-0.05, 0) is 46.4 Å². The first-order valence-corrected chi connectivity index (χ1v) is 6.89. The summed E-state index contributed by atoms with van der Waals surface area (Å²) in [6.45, 7) is 7.97. The van der Waals surface area contributed by atoms with Crippen molar-refractivity contribution in [2.75, 3.05) is 7.05 Å². The Kier molecular flexibility index (Phi) is 8.66. The predicted molar refractivity (Wildman–Crippen MR) is 85.0 cm³/mol. The molecule has 0 saturated carbocycles. The van der Waals surface area contributed by atoms with E-state index < -0.39 is 0 Å². The first-order valence-electron chi connectivity index (χ1n) is 6.51. The fraction of sp³-hybridized carbons (Fsp3) is 0.467. The van der Waals surface area contributed by atoms with E-state index in [2.05, 4.69) is 15.2 Å². The van der Waals surface area contributed by atoms with Gasteiger partial charge in [0.1, 0.15) is 5.60 Å². The first-order chi connectivity index (χ1) is 9.75. The molecule has 0 aliphatic carbocycles. The molecule has 2 N–H and O–H groups in total. The summed E-state index contributed by atoms with van der Waals surface area (Å²) >= 11 is 5.69. The molecule has 5 nitrogen and oxygen atoms in total. The van der Waals surface area contributed by atoms with Crippen LogP contribution >= 0.6 is 11.6 Å². The Morgan fingerprint density at radius 2 is 2.10 bits per heavy atom. The number of rotatable bonds is 4. The third-order valence-electron chi connectivity index (χ3n) is 2.55. The van der Waals surface area contributed by atoms with E-state index >= 15 is 0 Å². The number of ether oxygens (including phenoxy) is 1. The zero-order chi connectivity index (χ0) is 16.5. The van der Waals surface area contributed by atoms with Gasteiger partial charge in [-0.1, -0.05) is 35.0 Å². The van der Waals surface area contributed by atoms with Crippen LogP contribution in [0.1, 0.15) is 44.9 Å². The Morgan fingerprint density at radius 3 is 2.48 bits per heavy atom. The third-order valence-corrected chi connectivity index (χ3v) is 2.84. The molecular weight excluding hydrogens is 292 g/mol. The molecule has 0 spiro atoms. The zero-order valence-corrected chi connectivity index (χ0v) is 13.8. The van der Waals surface area contributed by atoms with Crippen molar-refractivity contribution in [3.8, 4) is 0 Å². The number of oxime groups is 1. The van der Waals surface area contributed by atoms with E-state index in [1.807, 2.05) is 52.9 Å². The Balaban J connectivity index is 0.000000486. The average Bonchev–Trinajstić information content (AvgIpc) is 2.45. The summed E-state index contributed by atoms with van der Waals surface area (Å²) in [6.07, 6.45) is 0. The molecule has 0 aromatic heterocycles. The minimum atomic E-state index is -0.318. The number of benzene rings is 1. The number of hydrogen-bond donors (Lipinski definition) is 2. The molecule has 1 aromatic carbocycles. The summed E-state index contributed by atoms with van der Waals surface area (Å²) in [4.78, 5) is 9.60. The van der Waals surface area contributed by atoms with Crippen LogP contribution in [0.25, 0.3) is 0 Å². The van der Waals surface area contributed by atoms with Crippen molar-refractivity contribution >= 4 is 23.2 Å². The van der Waals surface area contributed by atoms with Gasteiger partial charge in [0.05, 0.1) is 0 Å². The van der Waals surface area contributed by atoms with Gasteiger partial charge in [-0.2, -0.15) is 0 Å². The van der Waals surface area contributed by atoms with Gasteiger partial charge < -0.3 is 15.3 Å². The van der Waals surface area contributed by atoms with Crippen LogP contribution in [0.3, 0.4) is 0 Å². The Bertz CT molecular complexity index is 470. The predicted octanol–water partition coefficient (Wildman–Crippen LogP) is 3.30.